The summed E-state index contributed by atoms with van der Waals surface area (Å²) in [5.41, 5.74) is 1.63. The Morgan fingerprint density at radius 1 is 1.05 bits per heavy atom. The van der Waals surface area contributed by atoms with Gasteiger partial charge in [-0.1, -0.05) is 49.6 Å². The van der Waals surface area contributed by atoms with Crippen LogP contribution in [0, 0.1) is 0 Å². The van der Waals surface area contributed by atoms with E-state index in [0.29, 0.717) is 5.56 Å². The van der Waals surface area contributed by atoms with Gasteiger partial charge in [-0.3, -0.25) is 0 Å². The summed E-state index contributed by atoms with van der Waals surface area (Å²) in [5.74, 6) is -0.199. The van der Waals surface area contributed by atoms with Gasteiger partial charge < -0.3 is 4.74 Å². The van der Waals surface area contributed by atoms with E-state index in [0.717, 1.165) is 24.8 Å². The number of benzene rings is 1. The number of ether oxygens (including phenoxy) is 1. The van der Waals surface area contributed by atoms with E-state index in [1.807, 2.05) is 37.3 Å². The van der Waals surface area contributed by atoms with Crippen LogP contribution in [0.3, 0.4) is 0 Å². The number of carbonyl (C=O) groups excluding carboxylic acids is 1. The van der Waals surface area contributed by atoms with Crippen molar-refractivity contribution in [3.05, 3.63) is 41.5 Å². The summed E-state index contributed by atoms with van der Waals surface area (Å²) in [6.45, 7) is 1.99. The highest BCUT2D eigenvalue weighted by molar-refractivity contribution is 5.93. The fraction of sp³-hybridized carbons (Fsp3) is 0.500. The number of hydrogen-bond acceptors (Lipinski definition) is 2. The first-order valence-corrected chi connectivity index (χ1v) is 7.74. The lowest BCUT2D eigenvalue weighted by molar-refractivity contribution is 0.0319. The first kappa shape index (κ1) is 14.8. The Morgan fingerprint density at radius 3 is 2.70 bits per heavy atom. The van der Waals surface area contributed by atoms with Crippen LogP contribution in [0.25, 0.3) is 6.08 Å². The summed E-state index contributed by atoms with van der Waals surface area (Å²) >= 11 is 0. The maximum atomic E-state index is 12.2. The monoisotopic (exact) mass is 272 g/mol. The van der Waals surface area contributed by atoms with Crippen LogP contribution in [0.1, 0.15) is 67.8 Å². The van der Waals surface area contributed by atoms with Crippen molar-refractivity contribution in [3.8, 4) is 0 Å². The molecule has 1 aliphatic heterocycles. The van der Waals surface area contributed by atoms with Gasteiger partial charge in [0.1, 0.15) is 0 Å². The number of rotatable bonds is 0. The number of esters is 1. The summed E-state index contributed by atoms with van der Waals surface area (Å²) in [6.07, 6.45) is 12.5. The average molecular weight is 272 g/mol. The molecule has 0 fully saturated rings. The molecule has 2 heteroatoms. The SMILES string of the molecule is C[C@@H]1CCCCCCC/C=C/c2ccccc2C(=O)O1. The van der Waals surface area contributed by atoms with Crippen molar-refractivity contribution in [2.75, 3.05) is 0 Å². The molecule has 1 atom stereocenters. The third-order valence-corrected chi connectivity index (χ3v) is 3.77. The molecule has 2 rings (SSSR count). The molecule has 0 bridgehead atoms. The lowest BCUT2D eigenvalue weighted by Gasteiger charge is -2.14. The van der Waals surface area contributed by atoms with Gasteiger partial charge in [-0.05, 0) is 44.2 Å². The molecule has 1 aliphatic rings. The van der Waals surface area contributed by atoms with E-state index in [9.17, 15) is 4.79 Å². The highest BCUT2D eigenvalue weighted by atomic mass is 16.5. The molecule has 0 spiro atoms. The lowest BCUT2D eigenvalue weighted by atomic mass is 10.0. The van der Waals surface area contributed by atoms with Gasteiger partial charge in [-0.2, -0.15) is 0 Å². The second-order valence-electron chi connectivity index (χ2n) is 5.55. The third-order valence-electron chi connectivity index (χ3n) is 3.77. The molecule has 1 aromatic carbocycles. The van der Waals surface area contributed by atoms with Crippen LogP contribution < -0.4 is 0 Å². The normalized spacial score (nSPS) is 23.2. The molecular formula is C18H24O2. The summed E-state index contributed by atoms with van der Waals surface area (Å²) in [7, 11) is 0. The smallest absolute Gasteiger partial charge is 0.338 e. The topological polar surface area (TPSA) is 26.3 Å². The molecule has 0 N–H and O–H groups in total. The fourth-order valence-electron chi connectivity index (χ4n) is 2.57. The second-order valence-corrected chi connectivity index (χ2v) is 5.55. The second kappa shape index (κ2) is 7.88. The van der Waals surface area contributed by atoms with E-state index in [2.05, 4.69) is 6.08 Å². The fourth-order valence-corrected chi connectivity index (χ4v) is 2.57. The predicted octanol–water partition coefficient (Wildman–Crippen LogP) is 4.99. The van der Waals surface area contributed by atoms with Gasteiger partial charge in [0.05, 0.1) is 11.7 Å². The average Bonchev–Trinajstić information content (AvgIpc) is 2.45. The highest BCUT2D eigenvalue weighted by Crippen LogP contribution is 2.17. The Hall–Kier alpha value is -1.57. The largest absolute Gasteiger partial charge is 0.459 e. The highest BCUT2D eigenvalue weighted by Gasteiger charge is 2.14. The minimum Gasteiger partial charge on any atom is -0.459 e. The Balaban J connectivity index is 2.16. The molecule has 0 saturated carbocycles. The van der Waals surface area contributed by atoms with Gasteiger partial charge in [0.25, 0.3) is 0 Å². The van der Waals surface area contributed by atoms with Crippen molar-refractivity contribution in [3.63, 3.8) is 0 Å². The number of carbonyl (C=O) groups is 1. The quantitative estimate of drug-likeness (QED) is 0.622. The molecule has 108 valence electrons. The van der Waals surface area contributed by atoms with E-state index < -0.39 is 0 Å². The Kier molecular flexibility index (Phi) is 5.85. The van der Waals surface area contributed by atoms with Crippen LogP contribution in [-0.2, 0) is 4.74 Å². The van der Waals surface area contributed by atoms with Gasteiger partial charge in [-0.25, -0.2) is 4.79 Å². The number of cyclic esters (lactones) is 1. The standard InChI is InChI=1S/C18H24O2/c1-15-11-7-5-3-2-4-6-8-12-16-13-9-10-14-17(16)18(19)20-15/h8-10,12-15H,2-7,11H2,1H3/b12-8+/t15-/m1/s1. The molecule has 20 heavy (non-hydrogen) atoms. The van der Waals surface area contributed by atoms with Gasteiger partial charge in [0.15, 0.2) is 0 Å². The molecule has 1 heterocycles. The molecule has 0 aromatic heterocycles. The lowest BCUT2D eigenvalue weighted by Crippen LogP contribution is -2.16. The van der Waals surface area contributed by atoms with Crippen LogP contribution in [0.15, 0.2) is 30.3 Å². The van der Waals surface area contributed by atoms with Gasteiger partial charge in [0.2, 0.25) is 0 Å². The maximum Gasteiger partial charge on any atom is 0.338 e. The zero-order valence-corrected chi connectivity index (χ0v) is 12.3. The van der Waals surface area contributed by atoms with E-state index in [1.165, 1.54) is 25.7 Å². The zero-order valence-electron chi connectivity index (χ0n) is 12.3. The summed E-state index contributed by atoms with van der Waals surface area (Å²) in [4.78, 5) is 12.2. The van der Waals surface area contributed by atoms with Crippen molar-refractivity contribution in [2.45, 2.75) is 58.0 Å². The molecule has 0 radical (unpaired) electrons. The first-order chi connectivity index (χ1) is 9.77. The molecule has 0 aliphatic carbocycles. The minimum atomic E-state index is -0.199. The number of fused-ring (bicyclic) bond motifs is 1. The van der Waals surface area contributed by atoms with Crippen molar-refractivity contribution in [2.24, 2.45) is 0 Å². The summed E-state index contributed by atoms with van der Waals surface area (Å²) in [5, 5.41) is 0. The predicted molar refractivity (Wildman–Crippen MR) is 82.7 cm³/mol. The minimum absolute atomic E-state index is 0.00229. The van der Waals surface area contributed by atoms with E-state index in [1.54, 1.807) is 0 Å². The maximum absolute atomic E-state index is 12.2. The number of allylic oxidation sites excluding steroid dienone is 1. The summed E-state index contributed by atoms with van der Waals surface area (Å²) in [6, 6.07) is 7.68. The molecular weight excluding hydrogens is 248 g/mol. The molecule has 2 nitrogen and oxygen atoms in total. The third kappa shape index (κ3) is 4.52. The number of hydrogen-bond donors (Lipinski definition) is 0. The molecule has 0 saturated heterocycles. The van der Waals surface area contributed by atoms with Gasteiger partial charge in [0, 0.05) is 0 Å². The van der Waals surface area contributed by atoms with Crippen LogP contribution in [0.5, 0.6) is 0 Å². The summed E-state index contributed by atoms with van der Waals surface area (Å²) < 4.78 is 5.55. The first-order valence-electron chi connectivity index (χ1n) is 7.74. The molecule has 0 amide bonds. The van der Waals surface area contributed by atoms with E-state index in [-0.39, 0.29) is 12.1 Å². The van der Waals surface area contributed by atoms with Crippen LogP contribution in [0.4, 0.5) is 0 Å². The van der Waals surface area contributed by atoms with Crippen molar-refractivity contribution in [1.29, 1.82) is 0 Å². The molecule has 0 unspecified atom stereocenters. The van der Waals surface area contributed by atoms with Crippen molar-refractivity contribution >= 4 is 12.0 Å². The van der Waals surface area contributed by atoms with E-state index in [4.69, 9.17) is 4.74 Å². The molecule has 1 aromatic rings. The van der Waals surface area contributed by atoms with Crippen LogP contribution in [0.2, 0.25) is 0 Å². The van der Waals surface area contributed by atoms with Gasteiger partial charge >= 0.3 is 5.97 Å². The Bertz CT molecular complexity index is 462. The van der Waals surface area contributed by atoms with Gasteiger partial charge in [-0.15, -0.1) is 0 Å². The Morgan fingerprint density at radius 2 is 1.80 bits per heavy atom. The van der Waals surface area contributed by atoms with Crippen molar-refractivity contribution in [1.82, 2.24) is 0 Å². The zero-order chi connectivity index (χ0) is 14.2. The Labute approximate surface area is 121 Å². The van der Waals surface area contributed by atoms with Crippen LogP contribution in [-0.4, -0.2) is 12.1 Å². The van der Waals surface area contributed by atoms with Crippen molar-refractivity contribution < 1.29 is 9.53 Å². The van der Waals surface area contributed by atoms with Crippen LogP contribution >= 0.6 is 0 Å². The van der Waals surface area contributed by atoms with E-state index >= 15 is 0 Å².